The lowest BCUT2D eigenvalue weighted by atomic mass is 10.0. The summed E-state index contributed by atoms with van der Waals surface area (Å²) < 4.78 is 22.9. The van der Waals surface area contributed by atoms with Crippen LogP contribution in [-0.2, 0) is 0 Å². The van der Waals surface area contributed by atoms with Gasteiger partial charge in [-0.3, -0.25) is 0 Å². The number of nitriles is 1. The number of nitrogens with zero attached hydrogens (tertiary/aromatic N) is 1. The van der Waals surface area contributed by atoms with E-state index in [-0.39, 0.29) is 0 Å². The summed E-state index contributed by atoms with van der Waals surface area (Å²) in [5.41, 5.74) is 2.07. The summed E-state index contributed by atoms with van der Waals surface area (Å²) in [4.78, 5) is 0. The number of benzene rings is 2. The fourth-order valence-electron chi connectivity index (χ4n) is 2.57. The van der Waals surface area contributed by atoms with Gasteiger partial charge in [0.1, 0.15) is 6.61 Å². The zero-order chi connectivity index (χ0) is 20.5. The second-order valence-corrected chi connectivity index (χ2v) is 6.76. The molecule has 2 rings (SSSR count). The molecule has 146 valence electrons. The van der Waals surface area contributed by atoms with Gasteiger partial charge in [0.25, 0.3) is 0 Å². The minimum absolute atomic E-state index is 0.389. The molecule has 2 aromatic rings. The van der Waals surface area contributed by atoms with E-state index in [0.717, 1.165) is 14.7 Å². The van der Waals surface area contributed by atoms with Gasteiger partial charge in [0, 0.05) is 0 Å². The number of rotatable bonds is 9. The van der Waals surface area contributed by atoms with Gasteiger partial charge < -0.3 is 18.9 Å². The lowest BCUT2D eigenvalue weighted by Gasteiger charge is -2.14. The summed E-state index contributed by atoms with van der Waals surface area (Å²) >= 11 is 2.20. The molecule has 0 atom stereocenters. The van der Waals surface area contributed by atoms with Crippen LogP contribution < -0.4 is 18.9 Å². The molecule has 0 bridgehead atoms. The van der Waals surface area contributed by atoms with Crippen molar-refractivity contribution < 1.29 is 18.9 Å². The first-order valence-electron chi connectivity index (χ1n) is 8.62. The third-order valence-corrected chi connectivity index (χ3v) is 4.60. The summed E-state index contributed by atoms with van der Waals surface area (Å²) in [6.45, 7) is 6.49. The Morgan fingerprint density at radius 3 is 2.46 bits per heavy atom. The predicted molar refractivity (Wildman–Crippen MR) is 119 cm³/mol. The highest BCUT2D eigenvalue weighted by Gasteiger charge is 2.13. The molecule has 2 aromatic carbocycles. The molecule has 28 heavy (non-hydrogen) atoms. The Labute approximate surface area is 179 Å². The van der Waals surface area contributed by atoms with E-state index in [1.807, 2.05) is 31.2 Å². The van der Waals surface area contributed by atoms with Crippen LogP contribution >= 0.6 is 22.6 Å². The maximum Gasteiger partial charge on any atom is 0.174 e. The topological polar surface area (TPSA) is 60.7 Å². The second-order valence-electron chi connectivity index (χ2n) is 5.60. The molecular formula is C22H22INO4. The highest BCUT2D eigenvalue weighted by atomic mass is 127. The van der Waals surface area contributed by atoms with E-state index in [0.29, 0.717) is 41.8 Å². The minimum atomic E-state index is 0.389. The number of allylic oxidation sites excluding steroid dienone is 1. The smallest absolute Gasteiger partial charge is 0.174 e. The van der Waals surface area contributed by atoms with Crippen molar-refractivity contribution in [3.8, 4) is 29.1 Å². The maximum atomic E-state index is 9.68. The van der Waals surface area contributed by atoms with Crippen LogP contribution in [0.15, 0.2) is 43.0 Å². The Bertz CT molecular complexity index is 915. The van der Waals surface area contributed by atoms with Crippen LogP contribution in [-0.4, -0.2) is 27.4 Å². The molecule has 0 fully saturated rings. The van der Waals surface area contributed by atoms with Crippen molar-refractivity contribution in [2.75, 3.05) is 27.4 Å². The Morgan fingerprint density at radius 2 is 1.86 bits per heavy atom. The highest BCUT2D eigenvalue weighted by molar-refractivity contribution is 14.1. The third kappa shape index (κ3) is 5.20. The first-order valence-corrected chi connectivity index (χ1v) is 9.70. The molecule has 0 saturated heterocycles. The van der Waals surface area contributed by atoms with Gasteiger partial charge in [-0.1, -0.05) is 12.7 Å². The summed E-state index contributed by atoms with van der Waals surface area (Å²) in [5.74, 6) is 2.48. The maximum absolute atomic E-state index is 9.68. The fraction of sp³-hybridized carbons (Fsp3) is 0.227. The fourth-order valence-corrected chi connectivity index (χ4v) is 3.35. The molecule has 0 amide bonds. The minimum Gasteiger partial charge on any atom is -0.493 e. The molecule has 6 heteroatoms. The van der Waals surface area contributed by atoms with Crippen LogP contribution in [0.5, 0.6) is 23.0 Å². The van der Waals surface area contributed by atoms with Gasteiger partial charge in [-0.2, -0.15) is 5.26 Å². The van der Waals surface area contributed by atoms with Gasteiger partial charge in [0.05, 0.1) is 36.0 Å². The lowest BCUT2D eigenvalue weighted by molar-refractivity contribution is 0.295. The monoisotopic (exact) mass is 491 g/mol. The van der Waals surface area contributed by atoms with Crippen molar-refractivity contribution >= 4 is 34.2 Å². The van der Waals surface area contributed by atoms with Crippen LogP contribution in [0.25, 0.3) is 11.6 Å². The molecule has 0 saturated carbocycles. The van der Waals surface area contributed by atoms with Gasteiger partial charge in [-0.25, -0.2) is 0 Å². The number of hydrogen-bond donors (Lipinski definition) is 0. The summed E-state index contributed by atoms with van der Waals surface area (Å²) in [7, 11) is 3.14. The molecule has 0 N–H and O–H groups in total. The largest absolute Gasteiger partial charge is 0.493 e. The molecule has 0 radical (unpaired) electrons. The normalized spacial score (nSPS) is 10.8. The molecular weight excluding hydrogens is 469 g/mol. The first kappa shape index (κ1) is 21.6. The van der Waals surface area contributed by atoms with Crippen LogP contribution in [0.1, 0.15) is 18.1 Å². The van der Waals surface area contributed by atoms with Crippen LogP contribution in [0, 0.1) is 14.9 Å². The van der Waals surface area contributed by atoms with Gasteiger partial charge >= 0.3 is 0 Å². The standard InChI is InChI=1S/C22H22INO4/c1-5-9-28-22-18(23)11-15(12-21(22)27-6-2)10-17(14-24)16-7-8-19(25-3)20(13-16)26-4/h5,7-8,10-13H,1,6,9H2,2-4H3/b17-10+. The Hall–Kier alpha value is -2.66. The molecule has 5 nitrogen and oxygen atoms in total. The van der Waals surface area contributed by atoms with Crippen LogP contribution in [0.3, 0.4) is 0 Å². The first-order chi connectivity index (χ1) is 13.6. The van der Waals surface area contributed by atoms with Crippen molar-refractivity contribution in [2.45, 2.75) is 6.92 Å². The van der Waals surface area contributed by atoms with Gasteiger partial charge in [0.2, 0.25) is 0 Å². The van der Waals surface area contributed by atoms with Crippen molar-refractivity contribution in [1.29, 1.82) is 5.26 Å². The summed E-state index contributed by atoms with van der Waals surface area (Å²) in [6, 6.07) is 11.4. The predicted octanol–water partition coefficient (Wildman–Crippen LogP) is 5.34. The van der Waals surface area contributed by atoms with E-state index in [1.165, 1.54) is 0 Å². The van der Waals surface area contributed by atoms with E-state index in [9.17, 15) is 5.26 Å². The molecule has 0 aromatic heterocycles. The van der Waals surface area contributed by atoms with E-state index >= 15 is 0 Å². The van der Waals surface area contributed by atoms with Crippen molar-refractivity contribution in [2.24, 2.45) is 0 Å². The highest BCUT2D eigenvalue weighted by Crippen LogP contribution is 2.36. The zero-order valence-electron chi connectivity index (χ0n) is 16.1. The van der Waals surface area contributed by atoms with E-state index in [1.54, 1.807) is 32.4 Å². The SMILES string of the molecule is C=CCOc1c(I)cc(/C=C(\C#N)c2ccc(OC)c(OC)c2)cc1OCC. The Kier molecular flexibility index (Phi) is 8.20. The van der Waals surface area contributed by atoms with E-state index < -0.39 is 0 Å². The van der Waals surface area contributed by atoms with E-state index in [2.05, 4.69) is 35.2 Å². The quantitative estimate of drug-likeness (QED) is 0.205. The zero-order valence-corrected chi connectivity index (χ0v) is 18.3. The van der Waals surface area contributed by atoms with Crippen molar-refractivity contribution in [3.05, 3.63) is 57.7 Å². The number of ether oxygens (including phenoxy) is 4. The average Bonchev–Trinajstić information content (AvgIpc) is 2.71. The molecule has 0 aliphatic rings. The molecule has 0 aliphatic carbocycles. The van der Waals surface area contributed by atoms with Crippen molar-refractivity contribution in [1.82, 2.24) is 0 Å². The Balaban J connectivity index is 2.49. The van der Waals surface area contributed by atoms with Crippen molar-refractivity contribution in [3.63, 3.8) is 0 Å². The molecule has 0 unspecified atom stereocenters. The lowest BCUT2D eigenvalue weighted by Crippen LogP contribution is -2.01. The van der Waals surface area contributed by atoms with Crippen LogP contribution in [0.2, 0.25) is 0 Å². The van der Waals surface area contributed by atoms with Gasteiger partial charge in [-0.15, -0.1) is 0 Å². The van der Waals surface area contributed by atoms with Crippen LogP contribution in [0.4, 0.5) is 0 Å². The second kappa shape index (κ2) is 10.6. The number of hydrogen-bond acceptors (Lipinski definition) is 5. The molecule has 0 aliphatic heterocycles. The Morgan fingerprint density at radius 1 is 1.11 bits per heavy atom. The molecule has 0 heterocycles. The number of halogens is 1. The number of methoxy groups -OCH3 is 2. The van der Waals surface area contributed by atoms with E-state index in [4.69, 9.17) is 18.9 Å². The average molecular weight is 491 g/mol. The summed E-state index contributed by atoms with van der Waals surface area (Å²) in [6.07, 6.45) is 3.49. The third-order valence-electron chi connectivity index (χ3n) is 3.80. The summed E-state index contributed by atoms with van der Waals surface area (Å²) in [5, 5.41) is 9.68. The van der Waals surface area contributed by atoms with Gasteiger partial charge in [-0.05, 0) is 77.0 Å². The van der Waals surface area contributed by atoms with Gasteiger partial charge in [0.15, 0.2) is 23.0 Å². The molecule has 0 spiro atoms.